The lowest BCUT2D eigenvalue weighted by Gasteiger charge is -2.32. The number of anilines is 1. The van der Waals surface area contributed by atoms with E-state index in [1.54, 1.807) is 0 Å². The number of nitrogens with zero attached hydrogens (tertiary/aromatic N) is 3. The summed E-state index contributed by atoms with van der Waals surface area (Å²) in [6, 6.07) is 2.30. The van der Waals surface area contributed by atoms with E-state index in [2.05, 4.69) is 27.1 Å². The van der Waals surface area contributed by atoms with Crippen molar-refractivity contribution in [3.05, 3.63) is 11.8 Å². The molecule has 1 fully saturated rings. The van der Waals surface area contributed by atoms with Gasteiger partial charge in [0.05, 0.1) is 6.61 Å². The van der Waals surface area contributed by atoms with Crippen molar-refractivity contribution >= 4 is 5.95 Å². The van der Waals surface area contributed by atoms with Crippen molar-refractivity contribution in [2.24, 2.45) is 0 Å². The molecule has 1 aromatic rings. The normalized spacial score (nSPS) is 20.3. The van der Waals surface area contributed by atoms with Crippen molar-refractivity contribution in [2.45, 2.75) is 39.7 Å². The molecule has 1 unspecified atom stereocenters. The van der Waals surface area contributed by atoms with Crippen molar-refractivity contribution in [1.29, 1.82) is 0 Å². The lowest BCUT2D eigenvalue weighted by atomic mass is 10.1. The first-order chi connectivity index (χ1) is 9.21. The molecule has 0 aromatic carbocycles. The number of rotatable bonds is 5. The summed E-state index contributed by atoms with van der Waals surface area (Å²) in [5.41, 5.74) is 0.934. The fourth-order valence-corrected chi connectivity index (χ4v) is 2.47. The number of aromatic nitrogens is 2. The van der Waals surface area contributed by atoms with Crippen LogP contribution >= 0.6 is 0 Å². The predicted molar refractivity (Wildman–Crippen MR) is 76.7 cm³/mol. The van der Waals surface area contributed by atoms with Crippen molar-refractivity contribution < 1.29 is 4.74 Å². The minimum absolute atomic E-state index is 0.435. The quantitative estimate of drug-likeness (QED) is 0.882. The van der Waals surface area contributed by atoms with Gasteiger partial charge in [-0.2, -0.15) is 4.98 Å². The van der Waals surface area contributed by atoms with Crippen LogP contribution in [0.4, 0.5) is 5.95 Å². The molecule has 106 valence electrons. The third kappa shape index (κ3) is 4.06. The second kappa shape index (κ2) is 6.70. The molecular formula is C14H24N4O. The molecule has 2 heterocycles. The maximum absolute atomic E-state index is 5.46. The van der Waals surface area contributed by atoms with Crippen LogP contribution in [0.2, 0.25) is 0 Å². The second-order valence-electron chi connectivity index (χ2n) is 4.98. The Morgan fingerprint density at radius 1 is 1.42 bits per heavy atom. The first kappa shape index (κ1) is 14.1. The predicted octanol–water partition coefficient (Wildman–Crippen LogP) is 2.08. The third-order valence-electron chi connectivity index (χ3n) is 3.41. The molecule has 5 nitrogen and oxygen atoms in total. The fourth-order valence-electron chi connectivity index (χ4n) is 2.47. The van der Waals surface area contributed by atoms with E-state index in [0.29, 0.717) is 24.5 Å². The summed E-state index contributed by atoms with van der Waals surface area (Å²) in [5, 5.41) is 3.44. The van der Waals surface area contributed by atoms with Crippen LogP contribution in [0, 0.1) is 6.92 Å². The molecule has 0 spiro atoms. The fraction of sp³-hybridized carbons (Fsp3) is 0.714. The number of ether oxygens (including phenoxy) is 1. The highest BCUT2D eigenvalue weighted by molar-refractivity contribution is 5.32. The maximum Gasteiger partial charge on any atom is 0.226 e. The van der Waals surface area contributed by atoms with E-state index >= 15 is 0 Å². The SMILES string of the molecule is CCOc1cc(C)nc(NC2CCCN(CC)C2)n1. The number of likely N-dealkylation sites (N-methyl/N-ethyl adjacent to an activating group) is 1. The zero-order chi connectivity index (χ0) is 13.7. The largest absolute Gasteiger partial charge is 0.478 e. The Morgan fingerprint density at radius 2 is 2.26 bits per heavy atom. The van der Waals surface area contributed by atoms with Gasteiger partial charge in [0, 0.05) is 24.3 Å². The minimum Gasteiger partial charge on any atom is -0.478 e. The molecule has 2 rings (SSSR count). The van der Waals surface area contributed by atoms with Gasteiger partial charge < -0.3 is 15.0 Å². The van der Waals surface area contributed by atoms with Crippen LogP contribution in [0.15, 0.2) is 6.07 Å². The van der Waals surface area contributed by atoms with Crippen LogP contribution in [0.25, 0.3) is 0 Å². The van der Waals surface area contributed by atoms with Crippen LogP contribution in [-0.4, -0.2) is 47.2 Å². The molecule has 1 aliphatic rings. The van der Waals surface area contributed by atoms with Crippen molar-refractivity contribution in [1.82, 2.24) is 14.9 Å². The van der Waals surface area contributed by atoms with Gasteiger partial charge in [0.1, 0.15) is 0 Å². The molecule has 1 aromatic heterocycles. The third-order valence-corrected chi connectivity index (χ3v) is 3.41. The summed E-state index contributed by atoms with van der Waals surface area (Å²) in [7, 11) is 0. The first-order valence-electron chi connectivity index (χ1n) is 7.18. The monoisotopic (exact) mass is 264 g/mol. The van der Waals surface area contributed by atoms with Gasteiger partial charge in [-0.3, -0.25) is 0 Å². The summed E-state index contributed by atoms with van der Waals surface area (Å²) in [4.78, 5) is 11.3. The Hall–Kier alpha value is -1.36. The molecule has 1 saturated heterocycles. The zero-order valence-corrected chi connectivity index (χ0v) is 12.1. The lowest BCUT2D eigenvalue weighted by molar-refractivity contribution is 0.226. The molecule has 0 aliphatic carbocycles. The Bertz CT molecular complexity index is 410. The number of piperidine rings is 1. The summed E-state index contributed by atoms with van der Waals surface area (Å²) < 4.78 is 5.46. The van der Waals surface area contributed by atoms with E-state index in [9.17, 15) is 0 Å². The smallest absolute Gasteiger partial charge is 0.226 e. The highest BCUT2D eigenvalue weighted by Gasteiger charge is 2.19. The number of aryl methyl sites for hydroxylation is 1. The zero-order valence-electron chi connectivity index (χ0n) is 12.1. The molecule has 5 heteroatoms. The Kier molecular flexibility index (Phi) is 4.96. The van der Waals surface area contributed by atoms with Crippen LogP contribution in [0.1, 0.15) is 32.4 Å². The van der Waals surface area contributed by atoms with E-state index in [0.717, 1.165) is 18.8 Å². The van der Waals surface area contributed by atoms with Gasteiger partial charge >= 0.3 is 0 Å². The molecule has 0 bridgehead atoms. The molecular weight excluding hydrogens is 240 g/mol. The standard InChI is InChI=1S/C14H24N4O/c1-4-18-8-6-7-12(10-18)16-14-15-11(3)9-13(17-14)19-5-2/h9,12H,4-8,10H2,1-3H3,(H,15,16,17). The van der Waals surface area contributed by atoms with Crippen molar-refractivity contribution in [2.75, 3.05) is 31.6 Å². The Morgan fingerprint density at radius 3 is 3.00 bits per heavy atom. The molecule has 1 aliphatic heterocycles. The summed E-state index contributed by atoms with van der Waals surface area (Å²) in [6.45, 7) is 10.1. The summed E-state index contributed by atoms with van der Waals surface area (Å²) >= 11 is 0. The van der Waals surface area contributed by atoms with Crippen molar-refractivity contribution in [3.8, 4) is 5.88 Å². The average molecular weight is 264 g/mol. The van der Waals surface area contributed by atoms with Gasteiger partial charge in [0.25, 0.3) is 0 Å². The second-order valence-corrected chi connectivity index (χ2v) is 4.98. The van der Waals surface area contributed by atoms with E-state index in [1.807, 2.05) is 19.9 Å². The lowest BCUT2D eigenvalue weighted by Crippen LogP contribution is -2.42. The number of hydrogen-bond donors (Lipinski definition) is 1. The van der Waals surface area contributed by atoms with E-state index < -0.39 is 0 Å². The first-order valence-corrected chi connectivity index (χ1v) is 7.18. The Balaban J connectivity index is 2.01. The molecule has 0 saturated carbocycles. The van der Waals surface area contributed by atoms with Crippen LogP contribution in [-0.2, 0) is 0 Å². The summed E-state index contributed by atoms with van der Waals surface area (Å²) in [5.74, 6) is 1.34. The molecule has 1 atom stereocenters. The van der Waals surface area contributed by atoms with Gasteiger partial charge in [0.15, 0.2) is 0 Å². The van der Waals surface area contributed by atoms with E-state index in [-0.39, 0.29) is 0 Å². The number of likely N-dealkylation sites (tertiary alicyclic amines) is 1. The number of nitrogens with one attached hydrogen (secondary N) is 1. The molecule has 0 amide bonds. The number of hydrogen-bond acceptors (Lipinski definition) is 5. The van der Waals surface area contributed by atoms with Gasteiger partial charge in [-0.25, -0.2) is 4.98 Å². The van der Waals surface area contributed by atoms with Gasteiger partial charge in [-0.05, 0) is 39.8 Å². The maximum atomic E-state index is 5.46. The highest BCUT2D eigenvalue weighted by Crippen LogP contribution is 2.16. The minimum atomic E-state index is 0.435. The summed E-state index contributed by atoms with van der Waals surface area (Å²) in [6.07, 6.45) is 2.41. The molecule has 19 heavy (non-hydrogen) atoms. The molecule has 1 N–H and O–H groups in total. The van der Waals surface area contributed by atoms with E-state index in [1.165, 1.54) is 19.4 Å². The van der Waals surface area contributed by atoms with Gasteiger partial charge in [-0.1, -0.05) is 6.92 Å². The van der Waals surface area contributed by atoms with Crippen LogP contribution < -0.4 is 10.1 Å². The van der Waals surface area contributed by atoms with Crippen LogP contribution in [0.5, 0.6) is 5.88 Å². The highest BCUT2D eigenvalue weighted by atomic mass is 16.5. The average Bonchev–Trinajstić information content (AvgIpc) is 2.38. The van der Waals surface area contributed by atoms with Gasteiger partial charge in [-0.15, -0.1) is 0 Å². The van der Waals surface area contributed by atoms with Crippen LogP contribution in [0.3, 0.4) is 0 Å². The topological polar surface area (TPSA) is 50.3 Å². The van der Waals surface area contributed by atoms with E-state index in [4.69, 9.17) is 4.74 Å². The van der Waals surface area contributed by atoms with Crippen molar-refractivity contribution in [3.63, 3.8) is 0 Å². The Labute approximate surface area is 115 Å². The molecule has 0 radical (unpaired) electrons. The van der Waals surface area contributed by atoms with Gasteiger partial charge in [0.2, 0.25) is 11.8 Å².